The van der Waals surface area contributed by atoms with Crippen molar-refractivity contribution < 1.29 is 22.7 Å². The van der Waals surface area contributed by atoms with Crippen molar-refractivity contribution in [2.45, 2.75) is 17.7 Å². The smallest absolute Gasteiger partial charge is 0.243 e. The van der Waals surface area contributed by atoms with E-state index < -0.39 is 10.0 Å². The minimum absolute atomic E-state index is 0.0365. The lowest BCUT2D eigenvalue weighted by Gasteiger charge is -2.34. The van der Waals surface area contributed by atoms with Crippen LogP contribution in [0.2, 0.25) is 0 Å². The first-order chi connectivity index (χ1) is 13.5. The second-order valence-electron chi connectivity index (χ2n) is 6.79. The van der Waals surface area contributed by atoms with Crippen LogP contribution in [0, 0.1) is 0 Å². The molecule has 2 aliphatic rings. The van der Waals surface area contributed by atoms with E-state index in [9.17, 15) is 13.2 Å². The molecule has 4 rings (SSSR count). The molecule has 0 N–H and O–H groups in total. The zero-order valence-electron chi connectivity index (χ0n) is 15.4. The lowest BCUT2D eigenvalue weighted by molar-refractivity contribution is -0.132. The van der Waals surface area contributed by atoms with E-state index in [0.29, 0.717) is 44.8 Å². The van der Waals surface area contributed by atoms with Crippen LogP contribution in [0.1, 0.15) is 12.0 Å². The SMILES string of the molecule is O=C(CCc1ccc2c(c1)OCO2)N1CCN(S(=O)(=O)c2ccccc2)CC1. The number of piperazine rings is 1. The summed E-state index contributed by atoms with van der Waals surface area (Å²) in [7, 11) is -3.50. The summed E-state index contributed by atoms with van der Waals surface area (Å²) < 4.78 is 37.4. The van der Waals surface area contributed by atoms with Crippen LogP contribution in [0.25, 0.3) is 0 Å². The van der Waals surface area contributed by atoms with Crippen molar-refractivity contribution in [2.75, 3.05) is 33.0 Å². The summed E-state index contributed by atoms with van der Waals surface area (Å²) in [6, 6.07) is 14.1. The van der Waals surface area contributed by atoms with Gasteiger partial charge in [-0.2, -0.15) is 4.31 Å². The highest BCUT2D eigenvalue weighted by molar-refractivity contribution is 7.89. The van der Waals surface area contributed by atoms with Crippen LogP contribution in [0.15, 0.2) is 53.4 Å². The maximum absolute atomic E-state index is 12.7. The van der Waals surface area contributed by atoms with E-state index in [1.807, 2.05) is 18.2 Å². The van der Waals surface area contributed by atoms with Gasteiger partial charge in [-0.15, -0.1) is 0 Å². The van der Waals surface area contributed by atoms with Gasteiger partial charge in [0.15, 0.2) is 11.5 Å². The Labute approximate surface area is 164 Å². The van der Waals surface area contributed by atoms with E-state index in [1.165, 1.54) is 4.31 Å². The van der Waals surface area contributed by atoms with Gasteiger partial charge in [-0.25, -0.2) is 8.42 Å². The number of carbonyl (C=O) groups excluding carboxylic acids is 1. The number of ether oxygens (including phenoxy) is 2. The van der Waals surface area contributed by atoms with Crippen LogP contribution < -0.4 is 9.47 Å². The minimum atomic E-state index is -3.50. The molecule has 0 atom stereocenters. The number of fused-ring (bicyclic) bond motifs is 1. The first-order valence-electron chi connectivity index (χ1n) is 9.25. The maximum Gasteiger partial charge on any atom is 0.243 e. The summed E-state index contributed by atoms with van der Waals surface area (Å²) >= 11 is 0. The van der Waals surface area contributed by atoms with Crippen LogP contribution in [0.5, 0.6) is 11.5 Å². The summed E-state index contributed by atoms with van der Waals surface area (Å²) in [5.74, 6) is 1.48. The molecule has 0 unspecified atom stereocenters. The van der Waals surface area contributed by atoms with Crippen molar-refractivity contribution in [2.24, 2.45) is 0 Å². The number of amides is 1. The molecule has 0 spiro atoms. The van der Waals surface area contributed by atoms with Crippen LogP contribution in [0.3, 0.4) is 0 Å². The van der Waals surface area contributed by atoms with Gasteiger partial charge in [0.1, 0.15) is 0 Å². The molecule has 2 aromatic carbocycles. The lowest BCUT2D eigenvalue weighted by Crippen LogP contribution is -2.50. The number of rotatable bonds is 5. The highest BCUT2D eigenvalue weighted by Gasteiger charge is 2.29. The third-order valence-electron chi connectivity index (χ3n) is 5.04. The highest BCUT2D eigenvalue weighted by Crippen LogP contribution is 2.32. The van der Waals surface area contributed by atoms with Crippen molar-refractivity contribution in [3.8, 4) is 11.5 Å². The van der Waals surface area contributed by atoms with E-state index >= 15 is 0 Å². The molecule has 2 aromatic rings. The Bertz CT molecular complexity index is 954. The predicted molar refractivity (Wildman–Crippen MR) is 103 cm³/mol. The van der Waals surface area contributed by atoms with E-state index in [0.717, 1.165) is 11.3 Å². The molecule has 0 aliphatic carbocycles. The van der Waals surface area contributed by atoms with Crippen molar-refractivity contribution in [3.63, 3.8) is 0 Å². The first-order valence-corrected chi connectivity index (χ1v) is 10.7. The van der Waals surface area contributed by atoms with Gasteiger partial charge in [0.05, 0.1) is 4.90 Å². The van der Waals surface area contributed by atoms with Gasteiger partial charge in [0.2, 0.25) is 22.7 Å². The third-order valence-corrected chi connectivity index (χ3v) is 6.95. The summed E-state index contributed by atoms with van der Waals surface area (Å²) in [6.07, 6.45) is 0.989. The molecule has 0 aromatic heterocycles. The molecular formula is C20H22N2O5S. The molecule has 2 aliphatic heterocycles. The standard InChI is InChI=1S/C20H22N2O5S/c23-20(9-7-16-6-8-18-19(14-16)27-15-26-18)21-10-12-22(13-11-21)28(24,25)17-4-2-1-3-5-17/h1-6,8,14H,7,9-13,15H2. The molecular weight excluding hydrogens is 380 g/mol. The zero-order valence-corrected chi connectivity index (χ0v) is 16.2. The fourth-order valence-electron chi connectivity index (χ4n) is 3.43. The highest BCUT2D eigenvalue weighted by atomic mass is 32.2. The Morgan fingerprint density at radius 3 is 2.39 bits per heavy atom. The van der Waals surface area contributed by atoms with Crippen LogP contribution >= 0.6 is 0 Å². The van der Waals surface area contributed by atoms with Crippen molar-refractivity contribution in [1.82, 2.24) is 9.21 Å². The Hall–Kier alpha value is -2.58. The topological polar surface area (TPSA) is 76.2 Å². The summed E-state index contributed by atoms with van der Waals surface area (Å²) in [5.41, 5.74) is 1.02. The Kier molecular flexibility index (Phi) is 5.23. The van der Waals surface area contributed by atoms with Gasteiger partial charge in [-0.05, 0) is 36.2 Å². The number of hydrogen-bond acceptors (Lipinski definition) is 5. The summed E-state index contributed by atoms with van der Waals surface area (Å²) in [5, 5.41) is 0. The number of sulfonamides is 1. The van der Waals surface area contributed by atoms with E-state index in [2.05, 4.69) is 0 Å². The molecule has 1 fully saturated rings. The van der Waals surface area contributed by atoms with Crippen molar-refractivity contribution in [1.29, 1.82) is 0 Å². The maximum atomic E-state index is 12.7. The van der Waals surface area contributed by atoms with Crippen LogP contribution in [-0.4, -0.2) is 56.5 Å². The lowest BCUT2D eigenvalue weighted by atomic mass is 10.1. The van der Waals surface area contributed by atoms with Gasteiger partial charge in [-0.3, -0.25) is 4.79 Å². The number of aryl methyl sites for hydroxylation is 1. The van der Waals surface area contributed by atoms with Crippen LogP contribution in [-0.2, 0) is 21.2 Å². The average Bonchev–Trinajstić information content (AvgIpc) is 3.20. The molecule has 2 heterocycles. The second-order valence-corrected chi connectivity index (χ2v) is 8.72. The first kappa shape index (κ1) is 18.8. The Morgan fingerprint density at radius 2 is 1.64 bits per heavy atom. The normalized spacial score (nSPS) is 16.9. The number of hydrogen-bond donors (Lipinski definition) is 0. The van der Waals surface area contributed by atoms with Crippen molar-refractivity contribution in [3.05, 3.63) is 54.1 Å². The van der Waals surface area contributed by atoms with E-state index in [4.69, 9.17) is 9.47 Å². The van der Waals surface area contributed by atoms with Gasteiger partial charge in [0.25, 0.3) is 0 Å². The Balaban J connectivity index is 1.30. The van der Waals surface area contributed by atoms with Gasteiger partial charge >= 0.3 is 0 Å². The van der Waals surface area contributed by atoms with Crippen molar-refractivity contribution >= 4 is 15.9 Å². The molecule has 1 amide bonds. The number of nitrogens with zero attached hydrogens (tertiary/aromatic N) is 2. The molecule has 148 valence electrons. The van der Waals surface area contributed by atoms with E-state index in [1.54, 1.807) is 35.2 Å². The average molecular weight is 402 g/mol. The molecule has 7 nitrogen and oxygen atoms in total. The van der Waals surface area contributed by atoms with Gasteiger partial charge in [0, 0.05) is 32.6 Å². The number of benzene rings is 2. The molecule has 0 saturated carbocycles. The van der Waals surface area contributed by atoms with Gasteiger partial charge in [-0.1, -0.05) is 24.3 Å². The third kappa shape index (κ3) is 3.83. The molecule has 8 heteroatoms. The summed E-state index contributed by atoms with van der Waals surface area (Å²) in [6.45, 7) is 1.67. The molecule has 28 heavy (non-hydrogen) atoms. The molecule has 1 saturated heterocycles. The molecule has 0 radical (unpaired) electrons. The predicted octanol–water partition coefficient (Wildman–Crippen LogP) is 1.88. The quantitative estimate of drug-likeness (QED) is 0.763. The minimum Gasteiger partial charge on any atom is -0.454 e. The zero-order chi connectivity index (χ0) is 19.6. The van der Waals surface area contributed by atoms with Gasteiger partial charge < -0.3 is 14.4 Å². The number of carbonyl (C=O) groups is 1. The molecule has 0 bridgehead atoms. The largest absolute Gasteiger partial charge is 0.454 e. The second kappa shape index (κ2) is 7.81. The fraction of sp³-hybridized carbons (Fsp3) is 0.350. The monoisotopic (exact) mass is 402 g/mol. The van der Waals surface area contributed by atoms with E-state index in [-0.39, 0.29) is 17.6 Å². The summed E-state index contributed by atoms with van der Waals surface area (Å²) in [4.78, 5) is 14.6. The van der Waals surface area contributed by atoms with Crippen LogP contribution in [0.4, 0.5) is 0 Å². The fourth-order valence-corrected chi connectivity index (χ4v) is 4.87. The Morgan fingerprint density at radius 1 is 0.929 bits per heavy atom.